The van der Waals surface area contributed by atoms with Crippen LogP contribution >= 0.6 is 0 Å². The van der Waals surface area contributed by atoms with Crippen molar-refractivity contribution >= 4 is 6.03 Å². The van der Waals surface area contributed by atoms with Gasteiger partial charge in [0, 0.05) is 44.5 Å². The van der Waals surface area contributed by atoms with Crippen LogP contribution in [0.15, 0.2) is 24.7 Å². The van der Waals surface area contributed by atoms with E-state index in [0.29, 0.717) is 12.5 Å². The Balaban J connectivity index is 1.54. The molecule has 0 aliphatic carbocycles. The van der Waals surface area contributed by atoms with Gasteiger partial charge in [0.2, 0.25) is 0 Å². The number of nitrogens with one attached hydrogen (secondary N) is 1. The summed E-state index contributed by atoms with van der Waals surface area (Å²) < 4.78 is 2.09. The van der Waals surface area contributed by atoms with Crippen LogP contribution in [0.3, 0.4) is 0 Å². The van der Waals surface area contributed by atoms with E-state index >= 15 is 0 Å². The molecule has 1 aliphatic heterocycles. The van der Waals surface area contributed by atoms with Gasteiger partial charge in [-0.1, -0.05) is 17.7 Å². The Morgan fingerprint density at radius 2 is 1.84 bits per heavy atom. The average Bonchev–Trinajstić information content (AvgIpc) is 3.00. The number of aromatic nitrogens is 2. The van der Waals surface area contributed by atoms with E-state index in [1.165, 1.54) is 27.9 Å². The first kappa shape index (κ1) is 17.5. The molecule has 1 fully saturated rings. The Bertz CT molecular complexity index is 734. The fourth-order valence-corrected chi connectivity index (χ4v) is 3.90. The molecule has 1 aromatic heterocycles. The van der Waals surface area contributed by atoms with Gasteiger partial charge in [-0.05, 0) is 50.3 Å². The van der Waals surface area contributed by atoms with Crippen molar-refractivity contribution in [1.82, 2.24) is 19.8 Å². The number of hydrogen-bond donors (Lipinski definition) is 1. The maximum absolute atomic E-state index is 12.5. The first-order valence-corrected chi connectivity index (χ1v) is 9.01. The van der Waals surface area contributed by atoms with Crippen LogP contribution in [0.2, 0.25) is 0 Å². The lowest BCUT2D eigenvalue weighted by Gasteiger charge is -2.32. The highest BCUT2D eigenvalue weighted by atomic mass is 16.2. The maximum Gasteiger partial charge on any atom is 0.317 e. The molecule has 0 bridgehead atoms. The molecule has 1 aliphatic rings. The molecule has 1 aromatic carbocycles. The van der Waals surface area contributed by atoms with Crippen LogP contribution in [-0.2, 0) is 13.6 Å². The van der Waals surface area contributed by atoms with Gasteiger partial charge in [0.25, 0.3) is 0 Å². The summed E-state index contributed by atoms with van der Waals surface area (Å²) in [6, 6.07) is 4.39. The van der Waals surface area contributed by atoms with Gasteiger partial charge in [0.15, 0.2) is 0 Å². The number of urea groups is 1. The third kappa shape index (κ3) is 3.86. The van der Waals surface area contributed by atoms with Crippen molar-refractivity contribution in [3.63, 3.8) is 0 Å². The summed E-state index contributed by atoms with van der Waals surface area (Å²) in [5.41, 5.74) is 6.25. The zero-order chi connectivity index (χ0) is 18.0. The lowest BCUT2D eigenvalue weighted by molar-refractivity contribution is 0.180. The Morgan fingerprint density at radius 1 is 1.20 bits per heavy atom. The number of amides is 2. The molecule has 2 amide bonds. The minimum absolute atomic E-state index is 0.0443. The highest BCUT2D eigenvalue weighted by molar-refractivity contribution is 5.74. The largest absolute Gasteiger partial charge is 0.337 e. The summed E-state index contributed by atoms with van der Waals surface area (Å²) in [6.07, 6.45) is 5.79. The molecule has 5 heteroatoms. The van der Waals surface area contributed by atoms with Crippen molar-refractivity contribution in [2.45, 2.75) is 46.1 Å². The van der Waals surface area contributed by atoms with Crippen molar-refractivity contribution in [2.75, 3.05) is 13.1 Å². The molecular formula is C20H28N4O. The second-order valence-electron chi connectivity index (χ2n) is 7.23. The van der Waals surface area contributed by atoms with Crippen molar-refractivity contribution in [2.24, 2.45) is 7.05 Å². The van der Waals surface area contributed by atoms with Crippen LogP contribution in [0.5, 0.6) is 0 Å². The molecule has 0 saturated carbocycles. The van der Waals surface area contributed by atoms with Crippen molar-refractivity contribution in [3.05, 3.63) is 52.6 Å². The van der Waals surface area contributed by atoms with E-state index in [0.717, 1.165) is 25.9 Å². The molecule has 0 atom stereocenters. The third-order valence-corrected chi connectivity index (χ3v) is 5.31. The number of hydrogen-bond acceptors (Lipinski definition) is 2. The van der Waals surface area contributed by atoms with Crippen LogP contribution in [-0.4, -0.2) is 33.6 Å². The van der Waals surface area contributed by atoms with E-state index < -0.39 is 0 Å². The fourth-order valence-electron chi connectivity index (χ4n) is 3.90. The monoisotopic (exact) mass is 340 g/mol. The van der Waals surface area contributed by atoms with E-state index in [1.54, 1.807) is 0 Å². The van der Waals surface area contributed by atoms with Crippen LogP contribution in [0.1, 0.15) is 46.7 Å². The van der Waals surface area contributed by atoms with Crippen LogP contribution in [0, 0.1) is 20.8 Å². The van der Waals surface area contributed by atoms with E-state index in [1.807, 2.05) is 24.5 Å². The number of carbonyl (C=O) groups excluding carboxylic acids is 1. The normalized spacial score (nSPS) is 15.4. The number of rotatable bonds is 3. The number of aryl methyl sites for hydroxylation is 4. The summed E-state index contributed by atoms with van der Waals surface area (Å²) in [6.45, 7) is 8.52. The second-order valence-corrected chi connectivity index (χ2v) is 7.23. The Kier molecular flexibility index (Phi) is 5.11. The molecule has 5 nitrogen and oxygen atoms in total. The fraction of sp³-hybridized carbons (Fsp3) is 0.500. The average molecular weight is 340 g/mol. The van der Waals surface area contributed by atoms with Gasteiger partial charge in [0.1, 0.15) is 0 Å². The lowest BCUT2D eigenvalue weighted by atomic mass is 9.94. The van der Waals surface area contributed by atoms with Gasteiger partial charge < -0.3 is 14.8 Å². The standard InChI is InChI=1S/C20H28N4O/c1-14-9-15(2)18(16(3)10-14)11-22-20(25)24-7-5-17(6-8-24)19-12-21-13-23(19)4/h9-10,12-13,17H,5-8,11H2,1-4H3,(H,22,25). The highest BCUT2D eigenvalue weighted by Crippen LogP contribution is 2.27. The predicted octanol–water partition coefficient (Wildman–Crippen LogP) is 3.43. The minimum atomic E-state index is 0.0443. The summed E-state index contributed by atoms with van der Waals surface area (Å²) >= 11 is 0. The summed E-state index contributed by atoms with van der Waals surface area (Å²) in [7, 11) is 2.04. The molecule has 0 unspecified atom stereocenters. The lowest BCUT2D eigenvalue weighted by Crippen LogP contribution is -2.44. The minimum Gasteiger partial charge on any atom is -0.337 e. The third-order valence-electron chi connectivity index (χ3n) is 5.31. The van der Waals surface area contributed by atoms with E-state index in [-0.39, 0.29) is 6.03 Å². The molecule has 2 heterocycles. The number of carbonyl (C=O) groups is 1. The highest BCUT2D eigenvalue weighted by Gasteiger charge is 2.25. The van der Waals surface area contributed by atoms with Crippen LogP contribution in [0.25, 0.3) is 0 Å². The number of imidazole rings is 1. The van der Waals surface area contributed by atoms with Crippen molar-refractivity contribution < 1.29 is 4.79 Å². The Hall–Kier alpha value is -2.30. The van der Waals surface area contributed by atoms with Crippen LogP contribution < -0.4 is 5.32 Å². The van der Waals surface area contributed by atoms with E-state index in [9.17, 15) is 4.79 Å². The summed E-state index contributed by atoms with van der Waals surface area (Å²) in [5, 5.41) is 3.10. The van der Waals surface area contributed by atoms with E-state index in [4.69, 9.17) is 0 Å². The Morgan fingerprint density at radius 3 is 2.40 bits per heavy atom. The van der Waals surface area contributed by atoms with Gasteiger partial charge in [-0.3, -0.25) is 0 Å². The Labute approximate surface area is 150 Å². The molecule has 25 heavy (non-hydrogen) atoms. The van der Waals surface area contributed by atoms with Crippen molar-refractivity contribution in [3.8, 4) is 0 Å². The number of benzene rings is 1. The summed E-state index contributed by atoms with van der Waals surface area (Å²) in [4.78, 5) is 18.7. The predicted molar refractivity (Wildman–Crippen MR) is 99.6 cm³/mol. The second kappa shape index (κ2) is 7.30. The molecule has 1 saturated heterocycles. The van der Waals surface area contributed by atoms with Crippen LogP contribution in [0.4, 0.5) is 4.79 Å². The summed E-state index contributed by atoms with van der Waals surface area (Å²) in [5.74, 6) is 0.498. The van der Waals surface area contributed by atoms with Gasteiger partial charge in [0.05, 0.1) is 6.33 Å². The number of nitrogens with zero attached hydrogens (tertiary/aromatic N) is 3. The SMILES string of the molecule is Cc1cc(C)c(CNC(=O)N2CCC(c3cncn3C)CC2)c(C)c1. The van der Waals surface area contributed by atoms with Gasteiger partial charge in [-0.15, -0.1) is 0 Å². The molecule has 0 spiro atoms. The first-order chi connectivity index (χ1) is 12.0. The van der Waals surface area contributed by atoms with Gasteiger partial charge in [-0.2, -0.15) is 0 Å². The van der Waals surface area contributed by atoms with Crippen molar-refractivity contribution in [1.29, 1.82) is 0 Å². The van der Waals surface area contributed by atoms with E-state index in [2.05, 4.69) is 47.8 Å². The first-order valence-electron chi connectivity index (χ1n) is 9.01. The molecule has 3 rings (SSSR count). The van der Waals surface area contributed by atoms with Gasteiger partial charge >= 0.3 is 6.03 Å². The molecule has 2 aromatic rings. The molecule has 1 N–H and O–H groups in total. The molecule has 0 radical (unpaired) electrons. The quantitative estimate of drug-likeness (QED) is 0.930. The van der Waals surface area contributed by atoms with Gasteiger partial charge in [-0.25, -0.2) is 9.78 Å². The maximum atomic E-state index is 12.5. The zero-order valence-electron chi connectivity index (χ0n) is 15.7. The number of piperidine rings is 1. The molecule has 134 valence electrons. The topological polar surface area (TPSA) is 50.2 Å². The smallest absolute Gasteiger partial charge is 0.317 e. The molecular weight excluding hydrogens is 312 g/mol. The number of likely N-dealkylation sites (tertiary alicyclic amines) is 1. The zero-order valence-corrected chi connectivity index (χ0v) is 15.7.